The Kier molecular flexibility index (Phi) is 5.44. The average molecular weight is 430 g/mol. The lowest BCUT2D eigenvalue weighted by molar-refractivity contribution is -0.126. The maximum absolute atomic E-state index is 13.1. The van der Waals surface area contributed by atoms with Gasteiger partial charge in [-0.3, -0.25) is 14.3 Å². The Morgan fingerprint density at radius 1 is 1.33 bits per heavy atom. The number of pyridine rings is 1. The van der Waals surface area contributed by atoms with Crippen LogP contribution in [-0.4, -0.2) is 41.3 Å². The Hall–Kier alpha value is -2.98. The van der Waals surface area contributed by atoms with Gasteiger partial charge >= 0.3 is 5.76 Å². The molecule has 30 heavy (non-hydrogen) atoms. The number of carbonyl (C=O) groups excluding carboxylic acids is 1. The highest BCUT2D eigenvalue weighted by atomic mass is 32.2. The first-order valence-corrected chi connectivity index (χ1v) is 11.1. The zero-order valence-corrected chi connectivity index (χ0v) is 17.3. The molecule has 0 saturated carbocycles. The summed E-state index contributed by atoms with van der Waals surface area (Å²) in [4.78, 5) is 28.3. The SMILES string of the molecule is Cn1c(=O)oc2cc(S(=O)(=O)N3CCC[C@@H](C(=O)NCc4cccnc4)C3)ccc21. The molecule has 1 N–H and O–H groups in total. The summed E-state index contributed by atoms with van der Waals surface area (Å²) in [5.74, 6) is -1.16. The summed E-state index contributed by atoms with van der Waals surface area (Å²) < 4.78 is 34.0. The number of hydrogen-bond donors (Lipinski definition) is 1. The lowest BCUT2D eigenvalue weighted by Gasteiger charge is -2.31. The molecular formula is C20H22N4O5S. The Bertz CT molecular complexity index is 1230. The Morgan fingerprint density at radius 2 is 2.17 bits per heavy atom. The van der Waals surface area contributed by atoms with Crippen LogP contribution in [0.1, 0.15) is 18.4 Å². The van der Waals surface area contributed by atoms with Crippen LogP contribution in [0.2, 0.25) is 0 Å². The first kappa shape index (κ1) is 20.3. The van der Waals surface area contributed by atoms with Crippen LogP contribution in [-0.2, 0) is 28.4 Å². The fraction of sp³-hybridized carbons (Fsp3) is 0.350. The monoisotopic (exact) mass is 430 g/mol. The van der Waals surface area contributed by atoms with Crippen molar-refractivity contribution in [2.75, 3.05) is 13.1 Å². The van der Waals surface area contributed by atoms with Gasteiger partial charge in [0.1, 0.15) is 0 Å². The molecule has 9 nitrogen and oxygen atoms in total. The molecule has 2 aromatic heterocycles. The molecule has 10 heteroatoms. The number of oxazole rings is 1. The Labute approximate surface area is 173 Å². The minimum Gasteiger partial charge on any atom is -0.408 e. The van der Waals surface area contributed by atoms with Gasteiger partial charge in [-0.1, -0.05) is 6.07 Å². The van der Waals surface area contributed by atoms with Crippen molar-refractivity contribution in [3.05, 3.63) is 58.8 Å². The van der Waals surface area contributed by atoms with E-state index in [-0.39, 0.29) is 22.9 Å². The van der Waals surface area contributed by atoms with Crippen LogP contribution in [0.25, 0.3) is 11.1 Å². The number of sulfonamides is 1. The van der Waals surface area contributed by atoms with Gasteiger partial charge in [-0.25, -0.2) is 13.2 Å². The maximum Gasteiger partial charge on any atom is 0.419 e. The highest BCUT2D eigenvalue weighted by Crippen LogP contribution is 2.26. The highest BCUT2D eigenvalue weighted by Gasteiger charge is 2.33. The molecule has 1 atom stereocenters. The molecule has 4 rings (SSSR count). The van der Waals surface area contributed by atoms with Gasteiger partial charge in [-0.15, -0.1) is 0 Å². The minimum absolute atomic E-state index is 0.0424. The van der Waals surface area contributed by atoms with E-state index in [4.69, 9.17) is 4.42 Å². The molecule has 1 aromatic carbocycles. The van der Waals surface area contributed by atoms with Gasteiger partial charge in [-0.2, -0.15) is 4.31 Å². The molecule has 158 valence electrons. The summed E-state index contributed by atoms with van der Waals surface area (Å²) >= 11 is 0. The van der Waals surface area contributed by atoms with E-state index in [0.717, 1.165) is 5.56 Å². The van der Waals surface area contributed by atoms with Crippen LogP contribution in [0.3, 0.4) is 0 Å². The molecule has 3 aromatic rings. The van der Waals surface area contributed by atoms with Crippen molar-refractivity contribution >= 4 is 27.0 Å². The molecule has 0 radical (unpaired) electrons. The third kappa shape index (κ3) is 3.88. The van der Waals surface area contributed by atoms with Gasteiger partial charge in [0.2, 0.25) is 15.9 Å². The van der Waals surface area contributed by atoms with Crippen LogP contribution in [0.5, 0.6) is 0 Å². The third-order valence-corrected chi connectivity index (χ3v) is 7.21. The third-order valence-electron chi connectivity index (χ3n) is 5.35. The highest BCUT2D eigenvalue weighted by molar-refractivity contribution is 7.89. The second-order valence-corrected chi connectivity index (χ2v) is 9.28. The molecule has 1 aliphatic rings. The van der Waals surface area contributed by atoms with Gasteiger partial charge in [-0.05, 0) is 36.6 Å². The summed E-state index contributed by atoms with van der Waals surface area (Å²) in [5, 5.41) is 2.86. The van der Waals surface area contributed by atoms with E-state index in [1.165, 1.54) is 21.0 Å². The molecule has 0 aliphatic carbocycles. The molecule has 3 heterocycles. The van der Waals surface area contributed by atoms with E-state index in [0.29, 0.717) is 31.4 Å². The number of piperidine rings is 1. The van der Waals surface area contributed by atoms with E-state index < -0.39 is 21.7 Å². The van der Waals surface area contributed by atoms with E-state index in [1.54, 1.807) is 31.6 Å². The maximum atomic E-state index is 13.1. The van der Waals surface area contributed by atoms with E-state index >= 15 is 0 Å². The number of aromatic nitrogens is 2. The average Bonchev–Trinajstić information content (AvgIpc) is 3.06. The number of nitrogens with zero attached hydrogens (tertiary/aromatic N) is 3. The molecule has 0 spiro atoms. The molecule has 0 unspecified atom stereocenters. The Balaban J connectivity index is 1.49. The number of hydrogen-bond acceptors (Lipinski definition) is 6. The molecule has 1 aliphatic heterocycles. The smallest absolute Gasteiger partial charge is 0.408 e. The molecule has 1 fully saturated rings. The lowest BCUT2D eigenvalue weighted by Crippen LogP contribution is -2.45. The number of rotatable bonds is 5. The second-order valence-electron chi connectivity index (χ2n) is 7.34. The van der Waals surface area contributed by atoms with Gasteiger partial charge < -0.3 is 9.73 Å². The predicted molar refractivity (Wildman–Crippen MR) is 109 cm³/mol. The summed E-state index contributed by atoms with van der Waals surface area (Å²) in [6.07, 6.45) is 4.55. The molecule has 1 saturated heterocycles. The largest absolute Gasteiger partial charge is 0.419 e. The van der Waals surface area contributed by atoms with Gasteiger partial charge in [0.15, 0.2) is 5.58 Å². The van der Waals surface area contributed by atoms with Crippen molar-refractivity contribution in [2.45, 2.75) is 24.3 Å². The first-order valence-electron chi connectivity index (χ1n) is 9.62. The van der Waals surface area contributed by atoms with Crippen LogP contribution in [0.4, 0.5) is 0 Å². The Morgan fingerprint density at radius 3 is 2.93 bits per heavy atom. The van der Waals surface area contributed by atoms with Crippen molar-refractivity contribution in [3.63, 3.8) is 0 Å². The van der Waals surface area contributed by atoms with Crippen molar-refractivity contribution < 1.29 is 17.6 Å². The number of carbonyl (C=O) groups is 1. The summed E-state index contributed by atoms with van der Waals surface area (Å²) in [7, 11) is -2.26. The topological polar surface area (TPSA) is 115 Å². The van der Waals surface area contributed by atoms with Crippen molar-refractivity contribution in [1.29, 1.82) is 0 Å². The van der Waals surface area contributed by atoms with Crippen LogP contribution in [0.15, 0.2) is 56.8 Å². The number of aryl methyl sites for hydroxylation is 1. The van der Waals surface area contributed by atoms with Gasteiger partial charge in [0.25, 0.3) is 0 Å². The fourth-order valence-electron chi connectivity index (χ4n) is 3.63. The molecule has 1 amide bonds. The normalized spacial score (nSPS) is 17.8. The van der Waals surface area contributed by atoms with Crippen molar-refractivity contribution in [1.82, 2.24) is 19.2 Å². The predicted octanol–water partition coefficient (Wildman–Crippen LogP) is 1.24. The van der Waals surface area contributed by atoms with Crippen molar-refractivity contribution in [3.8, 4) is 0 Å². The van der Waals surface area contributed by atoms with E-state index in [1.807, 2.05) is 6.07 Å². The second kappa shape index (κ2) is 8.04. The number of fused-ring (bicyclic) bond motifs is 1. The first-order chi connectivity index (χ1) is 14.4. The zero-order valence-electron chi connectivity index (χ0n) is 16.4. The number of benzene rings is 1. The number of nitrogens with one attached hydrogen (secondary N) is 1. The molecule has 0 bridgehead atoms. The lowest BCUT2D eigenvalue weighted by atomic mass is 9.99. The van der Waals surface area contributed by atoms with Gasteiger partial charge in [0.05, 0.1) is 16.3 Å². The van der Waals surface area contributed by atoms with E-state index in [9.17, 15) is 18.0 Å². The quantitative estimate of drug-likeness (QED) is 0.651. The standard InChI is InChI=1S/C20H22N4O5S/c1-23-17-7-6-16(10-18(17)29-20(23)26)30(27,28)24-9-3-5-15(13-24)19(25)22-12-14-4-2-8-21-11-14/h2,4,6-8,10-11,15H,3,5,9,12-13H2,1H3,(H,22,25)/t15-/m1/s1. The van der Waals surface area contributed by atoms with E-state index in [2.05, 4.69) is 10.3 Å². The summed E-state index contributed by atoms with van der Waals surface area (Å²) in [6.45, 7) is 0.795. The minimum atomic E-state index is -3.82. The van der Waals surface area contributed by atoms with Gasteiger partial charge in [0, 0.05) is 45.1 Å². The van der Waals surface area contributed by atoms with Crippen LogP contribution >= 0.6 is 0 Å². The molecular weight excluding hydrogens is 408 g/mol. The van der Waals surface area contributed by atoms with Crippen molar-refractivity contribution in [2.24, 2.45) is 13.0 Å². The van der Waals surface area contributed by atoms with Crippen LogP contribution in [0, 0.1) is 5.92 Å². The fourth-order valence-corrected chi connectivity index (χ4v) is 5.17. The van der Waals surface area contributed by atoms with Crippen LogP contribution < -0.4 is 11.1 Å². The zero-order chi connectivity index (χ0) is 21.3. The summed E-state index contributed by atoms with van der Waals surface area (Å²) in [6, 6.07) is 8.02. The summed E-state index contributed by atoms with van der Waals surface area (Å²) in [5.41, 5.74) is 1.61. The number of amides is 1.